The summed E-state index contributed by atoms with van der Waals surface area (Å²) >= 11 is 0. The molecule has 1 aliphatic rings. The van der Waals surface area contributed by atoms with Gasteiger partial charge in [-0.05, 0) is 19.4 Å². The van der Waals surface area contributed by atoms with Gasteiger partial charge >= 0.3 is 0 Å². The van der Waals surface area contributed by atoms with Gasteiger partial charge in [-0.1, -0.05) is 42.5 Å². The molecule has 2 aromatic carbocycles. The van der Waals surface area contributed by atoms with Crippen molar-refractivity contribution in [3.8, 4) is 0 Å². The molecule has 1 heterocycles. The average Bonchev–Trinajstić information content (AvgIpc) is 3.05. The van der Waals surface area contributed by atoms with Gasteiger partial charge in [0.1, 0.15) is 5.76 Å². The van der Waals surface area contributed by atoms with Gasteiger partial charge < -0.3 is 14.9 Å². The number of benzene rings is 2. The predicted octanol–water partition coefficient (Wildman–Crippen LogP) is 1.94. The molecule has 1 fully saturated rings. The Morgan fingerprint density at radius 3 is 2.39 bits per heavy atom. The number of nitrogens with zero attached hydrogens (tertiary/aromatic N) is 2. The first-order valence-electron chi connectivity index (χ1n) is 10.3. The number of ketones is 1. The van der Waals surface area contributed by atoms with Crippen LogP contribution >= 0.6 is 0 Å². The second-order valence-corrected chi connectivity index (χ2v) is 7.42. The molecule has 0 spiro atoms. The summed E-state index contributed by atoms with van der Waals surface area (Å²) < 4.78 is 0. The van der Waals surface area contributed by atoms with Crippen molar-refractivity contribution in [2.45, 2.75) is 19.9 Å². The van der Waals surface area contributed by atoms with Crippen molar-refractivity contribution in [3.63, 3.8) is 0 Å². The summed E-state index contributed by atoms with van der Waals surface area (Å²) in [7, 11) is 0. The molecule has 1 saturated heterocycles. The highest BCUT2D eigenvalue weighted by molar-refractivity contribution is 6.46. The number of quaternary nitrogens is 1. The quantitative estimate of drug-likeness (QED) is 0.222. The third-order valence-corrected chi connectivity index (χ3v) is 5.69. The summed E-state index contributed by atoms with van der Waals surface area (Å²) in [6, 6.07) is 13.5. The molecule has 3 rings (SSSR count). The van der Waals surface area contributed by atoms with E-state index in [1.165, 1.54) is 28.0 Å². The number of nitro benzene ring substituents is 1. The van der Waals surface area contributed by atoms with Crippen molar-refractivity contribution in [1.82, 2.24) is 4.90 Å². The fourth-order valence-electron chi connectivity index (χ4n) is 3.90. The van der Waals surface area contributed by atoms with Gasteiger partial charge in [0.25, 0.3) is 17.4 Å². The summed E-state index contributed by atoms with van der Waals surface area (Å²) in [6.45, 7) is 6.73. The Kier molecular flexibility index (Phi) is 6.81. The molecule has 0 unspecified atom stereocenters. The number of nitro groups is 1. The first-order valence-corrected chi connectivity index (χ1v) is 10.3. The third-order valence-electron chi connectivity index (χ3n) is 5.69. The van der Waals surface area contributed by atoms with E-state index in [0.29, 0.717) is 24.2 Å². The molecule has 162 valence electrons. The van der Waals surface area contributed by atoms with Crippen molar-refractivity contribution in [1.29, 1.82) is 0 Å². The van der Waals surface area contributed by atoms with E-state index in [2.05, 4.69) is 0 Å². The third kappa shape index (κ3) is 4.49. The molecule has 0 bridgehead atoms. The van der Waals surface area contributed by atoms with Crippen molar-refractivity contribution in [2.75, 3.05) is 26.2 Å². The van der Waals surface area contributed by atoms with Crippen LogP contribution in [-0.2, 0) is 9.59 Å². The predicted molar refractivity (Wildman–Crippen MR) is 115 cm³/mol. The fourth-order valence-corrected chi connectivity index (χ4v) is 3.90. The molecule has 8 nitrogen and oxygen atoms in total. The smallest absolute Gasteiger partial charge is 0.295 e. The molecule has 0 aromatic heterocycles. The average molecular weight is 424 g/mol. The van der Waals surface area contributed by atoms with Gasteiger partial charge in [0, 0.05) is 17.7 Å². The summed E-state index contributed by atoms with van der Waals surface area (Å²) in [5.74, 6) is -1.78. The second-order valence-electron chi connectivity index (χ2n) is 7.42. The van der Waals surface area contributed by atoms with Crippen molar-refractivity contribution >= 4 is 23.1 Å². The van der Waals surface area contributed by atoms with E-state index < -0.39 is 22.7 Å². The molecular formula is C23H26N3O5+. The first kappa shape index (κ1) is 22.2. The lowest BCUT2D eigenvalue weighted by Crippen LogP contribution is -3.12. The monoisotopic (exact) mass is 424 g/mol. The second kappa shape index (κ2) is 9.53. The highest BCUT2D eigenvalue weighted by Crippen LogP contribution is 2.39. The number of amides is 1. The molecule has 0 radical (unpaired) electrons. The van der Waals surface area contributed by atoms with Crippen LogP contribution in [0, 0.1) is 10.1 Å². The molecule has 2 aromatic rings. The molecular weight excluding hydrogens is 398 g/mol. The van der Waals surface area contributed by atoms with Gasteiger partial charge in [0.05, 0.1) is 42.7 Å². The molecule has 0 aliphatic carbocycles. The molecule has 0 saturated carbocycles. The van der Waals surface area contributed by atoms with Crippen LogP contribution in [0.4, 0.5) is 5.69 Å². The number of Topliss-reactive ketones (excluding diaryl/α,β-unsaturated/α-hetero) is 1. The van der Waals surface area contributed by atoms with Crippen LogP contribution in [0.15, 0.2) is 60.2 Å². The Labute approximate surface area is 180 Å². The zero-order valence-electron chi connectivity index (χ0n) is 17.6. The van der Waals surface area contributed by atoms with E-state index in [1.54, 1.807) is 36.4 Å². The van der Waals surface area contributed by atoms with Crippen LogP contribution < -0.4 is 4.90 Å². The van der Waals surface area contributed by atoms with Gasteiger partial charge in [-0.3, -0.25) is 19.7 Å². The SMILES string of the molecule is CC[NH+](CC)CCN1C(=O)C(=O)C(=C(O)c2ccccc2)[C@H]1c1cccc([N+](=O)[O-])c1. The Bertz CT molecular complexity index is 1010. The molecule has 31 heavy (non-hydrogen) atoms. The number of likely N-dealkylation sites (tertiary alicyclic amines) is 1. The lowest BCUT2D eigenvalue weighted by atomic mass is 9.95. The molecule has 2 N–H and O–H groups in total. The zero-order chi connectivity index (χ0) is 22.5. The zero-order valence-corrected chi connectivity index (χ0v) is 17.6. The molecule has 1 amide bonds. The van der Waals surface area contributed by atoms with Crippen LogP contribution in [0.5, 0.6) is 0 Å². The number of carbonyl (C=O) groups is 2. The van der Waals surface area contributed by atoms with Gasteiger partial charge in [-0.25, -0.2) is 0 Å². The summed E-state index contributed by atoms with van der Waals surface area (Å²) in [4.78, 5) is 39.3. The standard InChI is InChI=1S/C23H25N3O5/c1-3-24(4-2)13-14-25-20(17-11-8-12-18(15-17)26(30)31)19(22(28)23(25)29)21(27)16-9-6-5-7-10-16/h5-12,15,20,27H,3-4,13-14H2,1-2H3/p+1/t20-/m1/s1. The number of non-ortho nitro benzene ring substituents is 1. The largest absolute Gasteiger partial charge is 0.507 e. The van der Waals surface area contributed by atoms with Gasteiger partial charge in [-0.15, -0.1) is 0 Å². The Morgan fingerprint density at radius 2 is 1.77 bits per heavy atom. The number of aliphatic hydroxyl groups is 1. The maximum Gasteiger partial charge on any atom is 0.295 e. The highest BCUT2D eigenvalue weighted by Gasteiger charge is 2.46. The number of likely N-dealkylation sites (N-methyl/N-ethyl adjacent to an activating group) is 1. The van der Waals surface area contributed by atoms with Gasteiger partial charge in [-0.2, -0.15) is 0 Å². The Balaban J connectivity index is 2.13. The van der Waals surface area contributed by atoms with E-state index in [9.17, 15) is 24.8 Å². The van der Waals surface area contributed by atoms with Crippen LogP contribution in [0.25, 0.3) is 5.76 Å². The Morgan fingerprint density at radius 1 is 1.10 bits per heavy atom. The lowest BCUT2D eigenvalue weighted by molar-refractivity contribution is -0.895. The summed E-state index contributed by atoms with van der Waals surface area (Å²) in [5, 5.41) is 22.2. The number of hydrogen-bond acceptors (Lipinski definition) is 5. The van der Waals surface area contributed by atoms with E-state index >= 15 is 0 Å². The maximum atomic E-state index is 13.0. The minimum absolute atomic E-state index is 0.0498. The molecule has 1 aliphatic heterocycles. The topological polar surface area (TPSA) is 105 Å². The normalized spacial score (nSPS) is 18.0. The summed E-state index contributed by atoms with van der Waals surface area (Å²) in [5.41, 5.74) is 0.633. The van der Waals surface area contributed by atoms with E-state index in [-0.39, 0.29) is 17.0 Å². The maximum absolute atomic E-state index is 13.0. The van der Waals surface area contributed by atoms with Crippen molar-refractivity contribution in [3.05, 3.63) is 81.4 Å². The van der Waals surface area contributed by atoms with E-state index in [1.807, 2.05) is 13.8 Å². The van der Waals surface area contributed by atoms with E-state index in [0.717, 1.165) is 13.1 Å². The molecule has 1 atom stereocenters. The number of aliphatic hydroxyl groups excluding tert-OH is 1. The Hall–Kier alpha value is -3.52. The van der Waals surface area contributed by atoms with Crippen LogP contribution in [0.1, 0.15) is 31.0 Å². The summed E-state index contributed by atoms with van der Waals surface area (Å²) in [6.07, 6.45) is 0. The number of rotatable bonds is 8. The number of nitrogens with one attached hydrogen (secondary N) is 1. The fraction of sp³-hybridized carbons (Fsp3) is 0.304. The van der Waals surface area contributed by atoms with Crippen molar-refractivity contribution in [2.24, 2.45) is 0 Å². The van der Waals surface area contributed by atoms with Crippen molar-refractivity contribution < 1.29 is 24.5 Å². The number of carbonyl (C=O) groups excluding carboxylic acids is 2. The van der Waals surface area contributed by atoms with Crippen LogP contribution in [-0.4, -0.2) is 52.8 Å². The van der Waals surface area contributed by atoms with Crippen LogP contribution in [0.2, 0.25) is 0 Å². The van der Waals surface area contributed by atoms with Crippen LogP contribution in [0.3, 0.4) is 0 Å². The number of hydrogen-bond donors (Lipinski definition) is 2. The van der Waals surface area contributed by atoms with Gasteiger partial charge in [0.15, 0.2) is 0 Å². The highest BCUT2D eigenvalue weighted by atomic mass is 16.6. The first-order chi connectivity index (χ1) is 14.9. The molecule has 8 heteroatoms. The lowest BCUT2D eigenvalue weighted by Gasteiger charge is -2.26. The minimum atomic E-state index is -0.893. The minimum Gasteiger partial charge on any atom is -0.507 e. The van der Waals surface area contributed by atoms with E-state index in [4.69, 9.17) is 0 Å². The van der Waals surface area contributed by atoms with Gasteiger partial charge in [0.2, 0.25) is 0 Å².